The number of carbonyl (C=O) groups is 1. The van der Waals surface area contributed by atoms with Crippen molar-refractivity contribution >= 4 is 33.0 Å². The summed E-state index contributed by atoms with van der Waals surface area (Å²) in [5, 5.41) is 3.26. The van der Waals surface area contributed by atoms with Crippen LogP contribution in [-0.2, 0) is 0 Å². The summed E-state index contributed by atoms with van der Waals surface area (Å²) in [5.74, 6) is -2.28. The molecule has 0 fully saturated rings. The van der Waals surface area contributed by atoms with Gasteiger partial charge in [0.15, 0.2) is 0 Å². The summed E-state index contributed by atoms with van der Waals surface area (Å²) in [6, 6.07) is 2.41. The van der Waals surface area contributed by atoms with Gasteiger partial charge in [0.1, 0.15) is 11.6 Å². The van der Waals surface area contributed by atoms with Gasteiger partial charge >= 0.3 is 0 Å². The van der Waals surface area contributed by atoms with Crippen molar-refractivity contribution in [1.82, 2.24) is 0 Å². The van der Waals surface area contributed by atoms with Crippen LogP contribution in [0.15, 0.2) is 27.4 Å². The fraction of sp³-hybridized carbons (Fsp3) is 0.0833. The summed E-state index contributed by atoms with van der Waals surface area (Å²) in [6.45, 7) is 1.49. The molecule has 1 aromatic carbocycles. The Kier molecular flexibility index (Phi) is 3.40. The molecule has 0 bridgehead atoms. The summed E-state index contributed by atoms with van der Waals surface area (Å²) < 4.78 is 27.8. The van der Waals surface area contributed by atoms with Gasteiger partial charge in [-0.1, -0.05) is 6.07 Å². The molecule has 0 radical (unpaired) electrons. The minimum Gasteiger partial charge on any atom is -0.288 e. The minimum absolute atomic E-state index is 0.251. The van der Waals surface area contributed by atoms with Crippen molar-refractivity contribution in [1.29, 1.82) is 0 Å². The van der Waals surface area contributed by atoms with Gasteiger partial charge in [-0.3, -0.25) is 4.79 Å². The molecular weight excluding hydrogens is 310 g/mol. The van der Waals surface area contributed by atoms with Gasteiger partial charge in [-0.15, -0.1) is 0 Å². The SMILES string of the molecule is Cc1ccc(F)c(C(=O)c2cscc2Br)c1F. The minimum atomic E-state index is -0.837. The highest BCUT2D eigenvalue weighted by Crippen LogP contribution is 2.27. The van der Waals surface area contributed by atoms with Gasteiger partial charge < -0.3 is 0 Å². The second-order valence-corrected chi connectivity index (χ2v) is 5.11. The molecule has 5 heteroatoms. The normalized spacial score (nSPS) is 10.6. The van der Waals surface area contributed by atoms with E-state index in [-0.39, 0.29) is 11.1 Å². The number of ketones is 1. The lowest BCUT2D eigenvalue weighted by Crippen LogP contribution is -2.08. The molecule has 0 aliphatic rings. The largest absolute Gasteiger partial charge is 0.288 e. The van der Waals surface area contributed by atoms with Crippen molar-refractivity contribution in [3.63, 3.8) is 0 Å². The van der Waals surface area contributed by atoms with Crippen LogP contribution in [0, 0.1) is 18.6 Å². The Morgan fingerprint density at radius 2 is 2.00 bits per heavy atom. The monoisotopic (exact) mass is 316 g/mol. The molecule has 0 unspecified atom stereocenters. The Labute approximate surface area is 109 Å². The summed E-state index contributed by atoms with van der Waals surface area (Å²) in [7, 11) is 0. The van der Waals surface area contributed by atoms with E-state index in [1.54, 1.807) is 10.8 Å². The highest BCUT2D eigenvalue weighted by atomic mass is 79.9. The predicted octanol–water partition coefficient (Wildman–Crippen LogP) is 4.33. The first-order valence-corrected chi connectivity index (χ1v) is 6.47. The summed E-state index contributed by atoms with van der Waals surface area (Å²) >= 11 is 4.47. The Balaban J connectivity index is 2.59. The van der Waals surface area contributed by atoms with Crippen LogP contribution in [0.1, 0.15) is 21.5 Å². The molecule has 0 saturated carbocycles. The van der Waals surface area contributed by atoms with E-state index in [9.17, 15) is 13.6 Å². The third-order valence-electron chi connectivity index (χ3n) is 2.37. The maximum Gasteiger partial charge on any atom is 0.200 e. The molecule has 17 heavy (non-hydrogen) atoms. The van der Waals surface area contributed by atoms with Gasteiger partial charge in [0.2, 0.25) is 5.78 Å². The average Bonchev–Trinajstić information content (AvgIpc) is 2.70. The van der Waals surface area contributed by atoms with Crippen molar-refractivity contribution in [2.45, 2.75) is 6.92 Å². The lowest BCUT2D eigenvalue weighted by molar-refractivity contribution is 0.103. The van der Waals surface area contributed by atoms with Gasteiger partial charge in [0.05, 0.1) is 5.56 Å². The van der Waals surface area contributed by atoms with Crippen molar-refractivity contribution in [2.24, 2.45) is 0 Å². The van der Waals surface area contributed by atoms with Gasteiger partial charge in [0, 0.05) is 20.8 Å². The first-order chi connectivity index (χ1) is 8.02. The molecule has 0 N–H and O–H groups in total. The number of benzene rings is 1. The van der Waals surface area contributed by atoms with E-state index >= 15 is 0 Å². The summed E-state index contributed by atoms with van der Waals surface area (Å²) in [6.07, 6.45) is 0. The van der Waals surface area contributed by atoms with Crippen LogP contribution in [0.5, 0.6) is 0 Å². The van der Waals surface area contributed by atoms with Crippen LogP contribution >= 0.6 is 27.3 Å². The molecule has 1 heterocycles. The van der Waals surface area contributed by atoms with Crippen LogP contribution in [0.2, 0.25) is 0 Å². The van der Waals surface area contributed by atoms with Crippen molar-refractivity contribution < 1.29 is 13.6 Å². The number of hydrogen-bond acceptors (Lipinski definition) is 2. The molecule has 2 rings (SSSR count). The number of rotatable bonds is 2. The van der Waals surface area contributed by atoms with Crippen LogP contribution in [0.4, 0.5) is 8.78 Å². The van der Waals surface area contributed by atoms with E-state index in [4.69, 9.17) is 0 Å². The molecule has 0 saturated heterocycles. The molecular formula is C12H7BrF2OS. The molecule has 2 aromatic rings. The van der Waals surface area contributed by atoms with E-state index in [0.717, 1.165) is 6.07 Å². The molecule has 1 nitrogen and oxygen atoms in total. The lowest BCUT2D eigenvalue weighted by atomic mass is 10.0. The highest BCUT2D eigenvalue weighted by molar-refractivity contribution is 9.10. The van der Waals surface area contributed by atoms with Crippen LogP contribution in [0.3, 0.4) is 0 Å². The lowest BCUT2D eigenvalue weighted by Gasteiger charge is -2.05. The summed E-state index contributed by atoms with van der Waals surface area (Å²) in [4.78, 5) is 12.0. The first kappa shape index (κ1) is 12.4. The third-order valence-corrected chi connectivity index (χ3v) is 4.07. The fourth-order valence-corrected chi connectivity index (χ4v) is 2.90. The maximum atomic E-state index is 13.8. The predicted molar refractivity (Wildman–Crippen MR) is 66.5 cm³/mol. The quantitative estimate of drug-likeness (QED) is 0.754. The van der Waals surface area contributed by atoms with E-state index in [2.05, 4.69) is 15.9 Å². The van der Waals surface area contributed by atoms with Gasteiger partial charge in [-0.2, -0.15) is 11.3 Å². The van der Waals surface area contributed by atoms with Gasteiger partial charge in [-0.25, -0.2) is 8.78 Å². The fourth-order valence-electron chi connectivity index (χ4n) is 1.44. The average molecular weight is 317 g/mol. The van der Waals surface area contributed by atoms with E-state index in [1.165, 1.54) is 24.3 Å². The highest BCUT2D eigenvalue weighted by Gasteiger charge is 2.22. The second kappa shape index (κ2) is 4.66. The Hall–Kier alpha value is -1.07. The molecule has 0 amide bonds. The molecule has 1 aromatic heterocycles. The molecule has 0 aliphatic heterocycles. The Bertz CT molecular complexity index is 592. The van der Waals surface area contributed by atoms with Crippen LogP contribution < -0.4 is 0 Å². The van der Waals surface area contributed by atoms with Gasteiger partial charge in [0.25, 0.3) is 0 Å². The van der Waals surface area contributed by atoms with Crippen molar-refractivity contribution in [3.8, 4) is 0 Å². The van der Waals surface area contributed by atoms with E-state index in [0.29, 0.717) is 4.47 Å². The van der Waals surface area contributed by atoms with Crippen LogP contribution in [-0.4, -0.2) is 5.78 Å². The molecule has 0 aliphatic carbocycles. The zero-order valence-corrected chi connectivity index (χ0v) is 11.2. The van der Waals surface area contributed by atoms with E-state index in [1.807, 2.05) is 0 Å². The topological polar surface area (TPSA) is 17.1 Å². The molecule has 88 valence electrons. The van der Waals surface area contributed by atoms with Crippen LogP contribution in [0.25, 0.3) is 0 Å². The standard InChI is InChI=1S/C12H7BrF2OS/c1-6-2-3-9(14)10(11(6)15)12(16)7-4-17-5-8(7)13/h2-5H,1H3. The number of carbonyl (C=O) groups excluding carboxylic acids is 1. The maximum absolute atomic E-state index is 13.8. The zero-order valence-electron chi connectivity index (χ0n) is 8.76. The van der Waals surface area contributed by atoms with Gasteiger partial charge in [-0.05, 0) is 34.5 Å². The number of hydrogen-bond donors (Lipinski definition) is 0. The van der Waals surface area contributed by atoms with E-state index < -0.39 is 23.0 Å². The molecule has 0 spiro atoms. The van der Waals surface area contributed by atoms with Crippen molar-refractivity contribution in [3.05, 3.63) is 55.7 Å². The first-order valence-electron chi connectivity index (χ1n) is 4.73. The van der Waals surface area contributed by atoms with Crippen molar-refractivity contribution in [2.75, 3.05) is 0 Å². The number of thiophene rings is 1. The zero-order chi connectivity index (χ0) is 12.6. The molecule has 0 atom stereocenters. The number of aryl methyl sites for hydroxylation is 1. The summed E-state index contributed by atoms with van der Waals surface area (Å²) in [5.41, 5.74) is 0.0311. The Morgan fingerprint density at radius 3 is 2.59 bits per heavy atom. The second-order valence-electron chi connectivity index (χ2n) is 3.52. The third kappa shape index (κ3) is 2.17. The smallest absolute Gasteiger partial charge is 0.200 e. The Morgan fingerprint density at radius 1 is 1.29 bits per heavy atom. The number of halogens is 3.